The monoisotopic (exact) mass is 317 g/mol. The summed E-state index contributed by atoms with van der Waals surface area (Å²) < 4.78 is 11.3. The van der Waals surface area contributed by atoms with E-state index >= 15 is 0 Å². The molecule has 5 nitrogen and oxygen atoms in total. The predicted octanol–water partition coefficient (Wildman–Crippen LogP) is 2.62. The minimum absolute atomic E-state index is 0.00940. The second-order valence-electron chi connectivity index (χ2n) is 7.26. The highest BCUT2D eigenvalue weighted by atomic mass is 16.5. The Hall–Kier alpha value is -1.75. The molecule has 0 aromatic heterocycles. The highest BCUT2D eigenvalue weighted by Gasteiger charge is 2.57. The summed E-state index contributed by atoms with van der Waals surface area (Å²) in [5, 5.41) is 3.38. The summed E-state index contributed by atoms with van der Waals surface area (Å²) in [5.74, 6) is 1.42. The number of hydrogen-bond donors (Lipinski definition) is 2. The van der Waals surface area contributed by atoms with Gasteiger partial charge in [-0.15, -0.1) is 0 Å². The van der Waals surface area contributed by atoms with Crippen molar-refractivity contribution in [2.45, 2.75) is 51.3 Å². The van der Waals surface area contributed by atoms with Gasteiger partial charge in [-0.05, 0) is 19.4 Å². The summed E-state index contributed by atoms with van der Waals surface area (Å²) in [7, 11) is 1.77. The second kappa shape index (κ2) is 5.71. The lowest BCUT2D eigenvalue weighted by Gasteiger charge is -2.59. The van der Waals surface area contributed by atoms with Crippen LogP contribution in [0.4, 0.5) is 0 Å². The van der Waals surface area contributed by atoms with Crippen molar-refractivity contribution in [1.82, 2.24) is 5.32 Å². The summed E-state index contributed by atoms with van der Waals surface area (Å²) in [6.07, 6.45) is 1.78. The number of guanidine groups is 1. The van der Waals surface area contributed by atoms with Crippen LogP contribution in [0.2, 0.25) is 0 Å². The van der Waals surface area contributed by atoms with Gasteiger partial charge in [-0.25, -0.2) is 4.99 Å². The Bertz CT molecular complexity index is 614. The molecule has 1 aliphatic carbocycles. The minimum Gasteiger partial charge on any atom is -0.493 e. The van der Waals surface area contributed by atoms with Crippen LogP contribution in [0.1, 0.15) is 45.2 Å². The third-order valence-electron chi connectivity index (χ3n) is 5.82. The van der Waals surface area contributed by atoms with Gasteiger partial charge in [0.1, 0.15) is 5.75 Å². The van der Waals surface area contributed by atoms with Crippen LogP contribution in [0.5, 0.6) is 5.75 Å². The Kier molecular flexibility index (Phi) is 4.00. The quantitative estimate of drug-likeness (QED) is 0.664. The van der Waals surface area contributed by atoms with Gasteiger partial charge in [-0.3, -0.25) is 0 Å². The molecule has 1 heterocycles. The van der Waals surface area contributed by atoms with Crippen LogP contribution in [0.25, 0.3) is 0 Å². The molecule has 0 bridgehead atoms. The number of para-hydroxylation sites is 1. The van der Waals surface area contributed by atoms with Gasteiger partial charge in [-0.2, -0.15) is 0 Å². The number of methoxy groups -OCH3 is 1. The van der Waals surface area contributed by atoms with Crippen molar-refractivity contribution >= 4 is 5.96 Å². The lowest BCUT2D eigenvalue weighted by Crippen LogP contribution is -2.69. The fourth-order valence-corrected chi connectivity index (χ4v) is 3.56. The van der Waals surface area contributed by atoms with E-state index in [0.717, 1.165) is 24.2 Å². The van der Waals surface area contributed by atoms with Crippen molar-refractivity contribution in [2.75, 3.05) is 13.7 Å². The fraction of sp³-hybridized carbons (Fsp3) is 0.611. The van der Waals surface area contributed by atoms with Crippen molar-refractivity contribution in [2.24, 2.45) is 16.1 Å². The Labute approximate surface area is 138 Å². The predicted molar refractivity (Wildman–Crippen MR) is 91.7 cm³/mol. The Balaban J connectivity index is 1.71. The van der Waals surface area contributed by atoms with E-state index in [1.54, 1.807) is 7.11 Å². The van der Waals surface area contributed by atoms with E-state index in [1.807, 2.05) is 18.2 Å². The maximum Gasteiger partial charge on any atom is 0.189 e. The first-order valence-corrected chi connectivity index (χ1v) is 8.24. The number of nitrogens with two attached hydrogens (primary N) is 1. The molecule has 3 atom stereocenters. The highest BCUT2D eigenvalue weighted by Crippen LogP contribution is 2.51. The summed E-state index contributed by atoms with van der Waals surface area (Å²) >= 11 is 0. The van der Waals surface area contributed by atoms with Gasteiger partial charge in [-0.1, -0.05) is 32.0 Å². The lowest BCUT2D eigenvalue weighted by molar-refractivity contribution is -0.176. The molecule has 1 aliphatic heterocycles. The van der Waals surface area contributed by atoms with Gasteiger partial charge < -0.3 is 20.5 Å². The number of benzene rings is 1. The number of aliphatic imine (C=N–C) groups is 1. The van der Waals surface area contributed by atoms with Crippen LogP contribution in [0.15, 0.2) is 29.3 Å². The average molecular weight is 317 g/mol. The maximum absolute atomic E-state index is 6.18. The molecule has 1 saturated carbocycles. The molecule has 0 radical (unpaired) electrons. The summed E-state index contributed by atoms with van der Waals surface area (Å²) in [6, 6.07) is 8.37. The molecule has 3 unspecified atom stereocenters. The van der Waals surface area contributed by atoms with E-state index < -0.39 is 0 Å². The largest absolute Gasteiger partial charge is 0.493 e. The molecule has 1 fully saturated rings. The molecule has 1 aromatic carbocycles. The molecule has 5 heteroatoms. The number of fused-ring (bicyclic) bond motifs is 1. The van der Waals surface area contributed by atoms with Crippen LogP contribution < -0.4 is 15.8 Å². The van der Waals surface area contributed by atoms with Crippen molar-refractivity contribution < 1.29 is 9.47 Å². The van der Waals surface area contributed by atoms with Crippen LogP contribution in [0, 0.1) is 5.41 Å². The van der Waals surface area contributed by atoms with Gasteiger partial charge in [0.2, 0.25) is 0 Å². The van der Waals surface area contributed by atoms with Crippen LogP contribution in [0.3, 0.4) is 0 Å². The zero-order chi connectivity index (χ0) is 16.7. The molecular formula is C18H27N3O2. The molecule has 23 heavy (non-hydrogen) atoms. The Morgan fingerprint density at radius 1 is 1.35 bits per heavy atom. The Morgan fingerprint density at radius 2 is 2.09 bits per heavy atom. The van der Waals surface area contributed by atoms with Gasteiger partial charge in [0.05, 0.1) is 18.2 Å². The van der Waals surface area contributed by atoms with Crippen molar-refractivity contribution in [3.63, 3.8) is 0 Å². The molecule has 0 saturated heterocycles. The number of rotatable bonds is 3. The number of nitrogens with zero attached hydrogens (tertiary/aromatic N) is 1. The maximum atomic E-state index is 6.18. The van der Waals surface area contributed by atoms with Crippen LogP contribution in [-0.2, 0) is 4.74 Å². The van der Waals surface area contributed by atoms with Gasteiger partial charge in [0.25, 0.3) is 0 Å². The van der Waals surface area contributed by atoms with Gasteiger partial charge in [0.15, 0.2) is 5.96 Å². The number of nitrogens with one attached hydrogen (secondary N) is 1. The van der Waals surface area contributed by atoms with E-state index in [2.05, 4.69) is 32.2 Å². The Morgan fingerprint density at radius 3 is 2.78 bits per heavy atom. The van der Waals surface area contributed by atoms with E-state index in [9.17, 15) is 0 Å². The zero-order valence-corrected chi connectivity index (χ0v) is 14.4. The zero-order valence-electron chi connectivity index (χ0n) is 14.4. The smallest absolute Gasteiger partial charge is 0.189 e. The summed E-state index contributed by atoms with van der Waals surface area (Å²) in [5.41, 5.74) is 7.18. The van der Waals surface area contributed by atoms with Gasteiger partial charge >= 0.3 is 0 Å². The second-order valence-corrected chi connectivity index (χ2v) is 7.26. The van der Waals surface area contributed by atoms with Crippen LogP contribution >= 0.6 is 0 Å². The van der Waals surface area contributed by atoms with Gasteiger partial charge in [0, 0.05) is 30.6 Å². The SMILES string of the molecule is COC1(C)CC(NC(N)=NC2CCOc3ccccc32)C1(C)C. The van der Waals surface area contributed by atoms with Crippen molar-refractivity contribution in [3.05, 3.63) is 29.8 Å². The molecular weight excluding hydrogens is 290 g/mol. The summed E-state index contributed by atoms with van der Waals surface area (Å²) in [6.45, 7) is 7.23. The van der Waals surface area contributed by atoms with E-state index in [0.29, 0.717) is 12.6 Å². The highest BCUT2D eigenvalue weighted by molar-refractivity contribution is 5.79. The molecule has 3 N–H and O–H groups in total. The first-order chi connectivity index (χ1) is 10.9. The average Bonchev–Trinajstić information content (AvgIpc) is 2.54. The third kappa shape index (κ3) is 2.67. The minimum atomic E-state index is -0.115. The molecule has 0 amide bonds. The molecule has 126 valence electrons. The number of ether oxygens (including phenoxy) is 2. The number of hydrogen-bond acceptors (Lipinski definition) is 3. The van der Waals surface area contributed by atoms with E-state index in [4.69, 9.17) is 20.2 Å². The fourth-order valence-electron chi connectivity index (χ4n) is 3.56. The van der Waals surface area contributed by atoms with Crippen LogP contribution in [-0.4, -0.2) is 31.3 Å². The third-order valence-corrected chi connectivity index (χ3v) is 5.82. The standard InChI is InChI=1S/C18H27N3O2/c1-17(2)15(11-18(17,3)22-4)21-16(19)20-13-9-10-23-14-8-6-5-7-12(13)14/h5-8,13,15H,9-11H2,1-4H3,(H3,19,20,21). The topological polar surface area (TPSA) is 68.9 Å². The molecule has 3 rings (SSSR count). The first kappa shape index (κ1) is 16.1. The lowest BCUT2D eigenvalue weighted by atomic mass is 9.56. The normalized spacial score (nSPS) is 32.4. The molecule has 0 spiro atoms. The van der Waals surface area contributed by atoms with E-state index in [1.165, 1.54) is 0 Å². The van der Waals surface area contributed by atoms with Crippen molar-refractivity contribution in [1.29, 1.82) is 0 Å². The summed E-state index contributed by atoms with van der Waals surface area (Å²) in [4.78, 5) is 4.70. The van der Waals surface area contributed by atoms with E-state index in [-0.39, 0.29) is 23.1 Å². The molecule has 2 aliphatic rings. The first-order valence-electron chi connectivity index (χ1n) is 8.24. The molecule has 1 aromatic rings. The van der Waals surface area contributed by atoms with Crippen molar-refractivity contribution in [3.8, 4) is 5.75 Å².